The molecule has 0 saturated carbocycles. The second-order valence-electron chi connectivity index (χ2n) is 4.27. The highest BCUT2D eigenvalue weighted by atomic mass is 79.9. The third-order valence-corrected chi connectivity index (χ3v) is 3.87. The summed E-state index contributed by atoms with van der Waals surface area (Å²) in [5.41, 5.74) is 0.542. The summed E-state index contributed by atoms with van der Waals surface area (Å²) >= 11 is 1.98. The van der Waals surface area contributed by atoms with Crippen molar-refractivity contribution in [3.63, 3.8) is 0 Å². The van der Waals surface area contributed by atoms with Gasteiger partial charge in [0.2, 0.25) is 0 Å². The van der Waals surface area contributed by atoms with E-state index in [4.69, 9.17) is 0 Å². The van der Waals surface area contributed by atoms with Gasteiger partial charge >= 0.3 is 0 Å². The van der Waals surface area contributed by atoms with Crippen molar-refractivity contribution >= 4 is 33.5 Å². The van der Waals surface area contributed by atoms with Crippen molar-refractivity contribution in [2.24, 2.45) is 4.40 Å². The van der Waals surface area contributed by atoms with Crippen LogP contribution in [0.25, 0.3) is 0 Å². The molecule has 0 aliphatic rings. The van der Waals surface area contributed by atoms with Gasteiger partial charge in [0.25, 0.3) is 0 Å². The van der Waals surface area contributed by atoms with Gasteiger partial charge in [0.15, 0.2) is 0 Å². The molecule has 0 bridgehead atoms. The summed E-state index contributed by atoms with van der Waals surface area (Å²) < 4.78 is 16.0. The Morgan fingerprint density at radius 1 is 1.44 bits per heavy atom. The second-order valence-corrected chi connectivity index (χ2v) is 7.06. The van der Waals surface area contributed by atoms with Crippen LogP contribution < -0.4 is 0 Å². The molecule has 0 amide bonds. The number of phenolic OH excluding ortho intramolecular Hbond substituents is 1. The van der Waals surface area contributed by atoms with Crippen LogP contribution in [0.2, 0.25) is 0 Å². The van der Waals surface area contributed by atoms with E-state index in [9.17, 15) is 9.66 Å². The Morgan fingerprint density at radius 2 is 2.06 bits per heavy atom. The Kier molecular flexibility index (Phi) is 4.41. The van der Waals surface area contributed by atoms with Gasteiger partial charge in [-0.2, -0.15) is 0 Å². The van der Waals surface area contributed by atoms with Crippen LogP contribution in [0.3, 0.4) is 0 Å². The lowest BCUT2D eigenvalue weighted by atomic mass is 10.2. The maximum absolute atomic E-state index is 11.7. The van der Waals surface area contributed by atoms with Gasteiger partial charge in [-0.15, -0.1) is 0 Å². The maximum Gasteiger partial charge on any atom is 0.144 e. The van der Waals surface area contributed by atoms with Gasteiger partial charge in [0, 0.05) is 4.47 Å². The average molecular weight is 304 g/mol. The van der Waals surface area contributed by atoms with Crippen molar-refractivity contribution in [2.45, 2.75) is 25.5 Å². The second kappa shape index (κ2) is 5.21. The minimum Gasteiger partial charge on any atom is -0.591 e. The summed E-state index contributed by atoms with van der Waals surface area (Å²) in [5.74, 6) is 0.115. The van der Waals surface area contributed by atoms with E-state index < -0.39 is 16.1 Å². The zero-order valence-electron chi connectivity index (χ0n) is 9.40. The van der Waals surface area contributed by atoms with E-state index in [0.717, 1.165) is 4.47 Å². The molecule has 0 heterocycles. The molecule has 1 atom stereocenters. The smallest absolute Gasteiger partial charge is 0.144 e. The molecule has 1 rings (SSSR count). The first-order chi connectivity index (χ1) is 7.32. The van der Waals surface area contributed by atoms with Crippen LogP contribution in [0, 0.1) is 0 Å². The Labute approximate surface area is 107 Å². The molecular formula is C11H14BrNO2S. The normalized spacial score (nSPS) is 14.3. The average Bonchev–Trinajstić information content (AvgIpc) is 2.15. The third-order valence-electron chi connectivity index (χ3n) is 1.83. The zero-order chi connectivity index (χ0) is 12.3. The predicted octanol–water partition coefficient (Wildman–Crippen LogP) is 3.04. The highest BCUT2D eigenvalue weighted by molar-refractivity contribution is 9.10. The van der Waals surface area contributed by atoms with Crippen molar-refractivity contribution in [3.05, 3.63) is 28.2 Å². The van der Waals surface area contributed by atoms with Gasteiger partial charge < -0.3 is 9.66 Å². The molecule has 0 fully saturated rings. The molecular weight excluding hydrogens is 290 g/mol. The quantitative estimate of drug-likeness (QED) is 0.674. The van der Waals surface area contributed by atoms with Crippen molar-refractivity contribution in [2.75, 3.05) is 0 Å². The first kappa shape index (κ1) is 13.5. The Hall–Kier alpha value is -0.520. The minimum absolute atomic E-state index is 0.115. The van der Waals surface area contributed by atoms with E-state index in [2.05, 4.69) is 20.3 Å². The fraction of sp³-hybridized carbons (Fsp3) is 0.364. The number of nitrogens with zero attached hydrogens (tertiary/aromatic N) is 1. The van der Waals surface area contributed by atoms with Crippen molar-refractivity contribution in [3.8, 4) is 5.75 Å². The van der Waals surface area contributed by atoms with Crippen molar-refractivity contribution < 1.29 is 9.66 Å². The van der Waals surface area contributed by atoms with E-state index in [0.29, 0.717) is 5.56 Å². The van der Waals surface area contributed by atoms with Gasteiger partial charge in [-0.1, -0.05) is 10.5 Å². The number of hydrogen-bond donors (Lipinski definition) is 1. The highest BCUT2D eigenvalue weighted by Gasteiger charge is 2.26. The molecule has 0 spiro atoms. The number of halogens is 1. The van der Waals surface area contributed by atoms with Gasteiger partial charge in [-0.25, -0.2) is 0 Å². The first-order valence-electron chi connectivity index (χ1n) is 4.76. The van der Waals surface area contributed by atoms with E-state index in [1.165, 1.54) is 6.21 Å². The van der Waals surface area contributed by atoms with E-state index in [1.54, 1.807) is 18.2 Å². The van der Waals surface area contributed by atoms with Crippen LogP contribution in [0.1, 0.15) is 26.3 Å². The van der Waals surface area contributed by atoms with E-state index in [-0.39, 0.29) is 5.75 Å². The van der Waals surface area contributed by atoms with E-state index in [1.807, 2.05) is 20.8 Å². The fourth-order valence-corrected chi connectivity index (χ4v) is 1.89. The third kappa shape index (κ3) is 3.50. The molecule has 1 aromatic rings. The van der Waals surface area contributed by atoms with Crippen LogP contribution in [0.5, 0.6) is 5.75 Å². The highest BCUT2D eigenvalue weighted by Crippen LogP contribution is 2.24. The predicted molar refractivity (Wildman–Crippen MR) is 71.3 cm³/mol. The summed E-state index contributed by atoms with van der Waals surface area (Å²) in [7, 11) is 0. The Balaban J connectivity index is 2.93. The lowest BCUT2D eigenvalue weighted by Crippen LogP contribution is -2.25. The molecule has 0 saturated heterocycles. The summed E-state index contributed by atoms with van der Waals surface area (Å²) in [6, 6.07) is 5.07. The molecule has 16 heavy (non-hydrogen) atoms. The fourth-order valence-electron chi connectivity index (χ4n) is 0.912. The monoisotopic (exact) mass is 303 g/mol. The standard InChI is InChI=1S/C11H14BrNO2S/c1-11(2,3)16(15)13-7-8-9(12)5-4-6-10(8)14/h4-7,14H,1-3H3/b13-7+. The van der Waals surface area contributed by atoms with Crippen molar-refractivity contribution in [1.29, 1.82) is 0 Å². The number of phenols is 1. The molecule has 88 valence electrons. The molecule has 0 radical (unpaired) electrons. The molecule has 1 aromatic carbocycles. The van der Waals surface area contributed by atoms with Gasteiger partial charge in [0.1, 0.15) is 21.9 Å². The van der Waals surface area contributed by atoms with Crippen LogP contribution in [-0.2, 0) is 11.4 Å². The molecule has 0 aromatic heterocycles. The summed E-state index contributed by atoms with van der Waals surface area (Å²) in [6.07, 6.45) is 1.43. The molecule has 1 unspecified atom stereocenters. The number of benzene rings is 1. The summed E-state index contributed by atoms with van der Waals surface area (Å²) in [5, 5.41) is 9.59. The summed E-state index contributed by atoms with van der Waals surface area (Å²) in [6.45, 7) is 5.54. The van der Waals surface area contributed by atoms with E-state index >= 15 is 0 Å². The Bertz CT molecular complexity index is 381. The molecule has 0 aliphatic carbocycles. The summed E-state index contributed by atoms with van der Waals surface area (Å²) in [4.78, 5) is 0. The topological polar surface area (TPSA) is 55.7 Å². The molecule has 3 nitrogen and oxygen atoms in total. The number of hydrogen-bond acceptors (Lipinski definition) is 3. The Morgan fingerprint density at radius 3 is 2.56 bits per heavy atom. The van der Waals surface area contributed by atoms with Gasteiger partial charge in [-0.05, 0) is 48.8 Å². The van der Waals surface area contributed by atoms with Crippen LogP contribution in [-0.4, -0.2) is 20.6 Å². The maximum atomic E-state index is 11.7. The molecule has 5 heteroatoms. The zero-order valence-corrected chi connectivity index (χ0v) is 11.8. The van der Waals surface area contributed by atoms with Crippen LogP contribution >= 0.6 is 15.9 Å². The lowest BCUT2D eigenvalue weighted by molar-refractivity contribution is 0.474. The van der Waals surface area contributed by atoms with Crippen molar-refractivity contribution in [1.82, 2.24) is 0 Å². The van der Waals surface area contributed by atoms with Gasteiger partial charge in [0.05, 0.1) is 11.8 Å². The van der Waals surface area contributed by atoms with Crippen LogP contribution in [0.4, 0.5) is 0 Å². The largest absolute Gasteiger partial charge is 0.591 e. The number of rotatable bonds is 2. The minimum atomic E-state index is -1.32. The van der Waals surface area contributed by atoms with Gasteiger partial charge in [-0.3, -0.25) is 0 Å². The van der Waals surface area contributed by atoms with Crippen LogP contribution in [0.15, 0.2) is 27.1 Å². The SMILES string of the molecule is CC(C)(C)[S+]([O-])/N=C/c1c(O)cccc1Br. The lowest BCUT2D eigenvalue weighted by Gasteiger charge is -2.17. The number of aromatic hydroxyl groups is 1. The molecule has 1 N–H and O–H groups in total. The molecule has 0 aliphatic heterocycles. The first-order valence-corrected chi connectivity index (χ1v) is 6.66.